The van der Waals surface area contributed by atoms with E-state index in [4.69, 9.17) is 10.5 Å². The van der Waals surface area contributed by atoms with Crippen LogP contribution in [0.3, 0.4) is 0 Å². The van der Waals surface area contributed by atoms with E-state index in [1.165, 1.54) is 0 Å². The predicted octanol–water partition coefficient (Wildman–Crippen LogP) is 1.29. The zero-order valence-corrected chi connectivity index (χ0v) is 9.82. The number of carbonyl (C=O) groups excluding carboxylic acids is 1. The van der Waals surface area contributed by atoms with Crippen LogP contribution in [0.1, 0.15) is 30.2 Å². The lowest BCUT2D eigenvalue weighted by molar-refractivity contribution is -0.142. The quantitative estimate of drug-likeness (QED) is 0.779. The number of rotatable bonds is 5. The first-order valence-electron chi connectivity index (χ1n) is 5.34. The van der Waals surface area contributed by atoms with E-state index >= 15 is 0 Å². The molecule has 0 spiro atoms. The van der Waals surface area contributed by atoms with Gasteiger partial charge in [0.2, 0.25) is 0 Å². The molecule has 1 aromatic rings. The van der Waals surface area contributed by atoms with Crippen LogP contribution < -0.4 is 5.73 Å². The van der Waals surface area contributed by atoms with Crippen molar-refractivity contribution in [2.75, 3.05) is 6.61 Å². The summed E-state index contributed by atoms with van der Waals surface area (Å²) in [5.41, 5.74) is 5.03. The van der Waals surface area contributed by atoms with Gasteiger partial charge in [-0.3, -0.25) is 9.78 Å². The van der Waals surface area contributed by atoms with Crippen LogP contribution in [0.15, 0.2) is 6.20 Å². The Morgan fingerprint density at radius 2 is 2.28 bits per heavy atom. The number of halogens is 2. The molecule has 1 heterocycles. The molecule has 1 rings (SSSR count). The number of carbonyl (C=O) groups is 1. The number of pyridine rings is 1. The van der Waals surface area contributed by atoms with Crippen molar-refractivity contribution in [3.05, 3.63) is 23.0 Å². The largest absolute Gasteiger partial charge is 0.505 e. The fourth-order valence-electron chi connectivity index (χ4n) is 1.50. The highest BCUT2D eigenvalue weighted by molar-refractivity contribution is 5.73. The average Bonchev–Trinajstić information content (AvgIpc) is 2.29. The number of esters is 1. The van der Waals surface area contributed by atoms with Gasteiger partial charge in [0.25, 0.3) is 6.43 Å². The summed E-state index contributed by atoms with van der Waals surface area (Å²) >= 11 is 0. The Hall–Kier alpha value is -1.76. The molecule has 0 bridgehead atoms. The topological polar surface area (TPSA) is 85.4 Å². The van der Waals surface area contributed by atoms with E-state index in [0.717, 1.165) is 6.20 Å². The molecule has 0 unspecified atom stereocenters. The summed E-state index contributed by atoms with van der Waals surface area (Å²) in [6.07, 6.45) is -1.95. The van der Waals surface area contributed by atoms with Crippen molar-refractivity contribution in [3.8, 4) is 5.75 Å². The standard InChI is InChI=1S/C11H14F2N2O3/c1-2-18-8(16)3-6-5-15-9(11(12)13)10(17)7(6)4-14/h5,11,17H,2-4,14H2,1H3. The minimum atomic E-state index is -2.90. The van der Waals surface area contributed by atoms with Crippen LogP contribution in [0.25, 0.3) is 0 Å². The van der Waals surface area contributed by atoms with Gasteiger partial charge >= 0.3 is 5.97 Å². The first-order valence-corrected chi connectivity index (χ1v) is 5.34. The number of aromatic nitrogens is 1. The molecule has 0 fully saturated rings. The molecule has 0 radical (unpaired) electrons. The number of hydrogen-bond donors (Lipinski definition) is 2. The van der Waals surface area contributed by atoms with Gasteiger partial charge in [-0.2, -0.15) is 0 Å². The van der Waals surface area contributed by atoms with E-state index in [2.05, 4.69) is 4.98 Å². The number of hydrogen-bond acceptors (Lipinski definition) is 5. The SMILES string of the molecule is CCOC(=O)Cc1cnc(C(F)F)c(O)c1CN. The third-order valence-electron chi connectivity index (χ3n) is 2.33. The van der Waals surface area contributed by atoms with Crippen LogP contribution in [0, 0.1) is 0 Å². The average molecular weight is 260 g/mol. The van der Waals surface area contributed by atoms with Crippen LogP contribution >= 0.6 is 0 Å². The summed E-state index contributed by atoms with van der Waals surface area (Å²) in [5, 5.41) is 9.61. The van der Waals surface area contributed by atoms with E-state index in [9.17, 15) is 18.7 Å². The molecular weight excluding hydrogens is 246 g/mol. The van der Waals surface area contributed by atoms with Gasteiger partial charge in [-0.15, -0.1) is 0 Å². The van der Waals surface area contributed by atoms with Crippen molar-refractivity contribution < 1.29 is 23.4 Å². The third-order valence-corrected chi connectivity index (χ3v) is 2.33. The molecule has 1 aromatic heterocycles. The van der Waals surface area contributed by atoms with Crippen LogP contribution in [0.5, 0.6) is 5.75 Å². The van der Waals surface area contributed by atoms with Crippen molar-refractivity contribution in [1.82, 2.24) is 4.98 Å². The molecule has 0 saturated heterocycles. The molecule has 0 amide bonds. The number of alkyl halides is 2. The normalized spacial score (nSPS) is 10.7. The first-order chi connectivity index (χ1) is 8.51. The van der Waals surface area contributed by atoms with Gasteiger partial charge in [-0.1, -0.05) is 0 Å². The van der Waals surface area contributed by atoms with Crippen LogP contribution in [0.2, 0.25) is 0 Å². The van der Waals surface area contributed by atoms with E-state index in [-0.39, 0.29) is 30.7 Å². The van der Waals surface area contributed by atoms with E-state index in [0.29, 0.717) is 0 Å². The van der Waals surface area contributed by atoms with Crippen molar-refractivity contribution in [2.45, 2.75) is 26.3 Å². The molecule has 5 nitrogen and oxygen atoms in total. The Bertz CT molecular complexity index is 439. The van der Waals surface area contributed by atoms with Crippen LogP contribution in [-0.4, -0.2) is 22.7 Å². The second-order valence-corrected chi connectivity index (χ2v) is 3.48. The van der Waals surface area contributed by atoms with Crippen LogP contribution in [0.4, 0.5) is 8.78 Å². The molecule has 0 atom stereocenters. The highest BCUT2D eigenvalue weighted by Crippen LogP contribution is 2.31. The smallest absolute Gasteiger partial charge is 0.310 e. The molecule has 18 heavy (non-hydrogen) atoms. The summed E-state index contributed by atoms with van der Waals surface area (Å²) in [6.45, 7) is 1.70. The molecule has 7 heteroatoms. The van der Waals surface area contributed by atoms with Gasteiger partial charge in [0.05, 0.1) is 13.0 Å². The van der Waals surface area contributed by atoms with Crippen LogP contribution in [-0.2, 0) is 22.5 Å². The molecule has 0 aliphatic rings. The summed E-state index contributed by atoms with van der Waals surface area (Å²) in [7, 11) is 0. The first kappa shape index (κ1) is 14.3. The molecule has 0 saturated carbocycles. The molecule has 0 aliphatic heterocycles. The van der Waals surface area contributed by atoms with Gasteiger partial charge in [0.15, 0.2) is 0 Å². The second kappa shape index (κ2) is 6.25. The van der Waals surface area contributed by atoms with E-state index in [1.54, 1.807) is 6.92 Å². The second-order valence-electron chi connectivity index (χ2n) is 3.48. The van der Waals surface area contributed by atoms with E-state index in [1.807, 2.05) is 0 Å². The highest BCUT2D eigenvalue weighted by atomic mass is 19.3. The summed E-state index contributed by atoms with van der Waals surface area (Å²) in [4.78, 5) is 14.7. The minimum absolute atomic E-state index is 0.0911. The number of aromatic hydroxyl groups is 1. The Morgan fingerprint density at radius 3 is 2.78 bits per heavy atom. The fraction of sp³-hybridized carbons (Fsp3) is 0.455. The molecule has 0 aromatic carbocycles. The monoisotopic (exact) mass is 260 g/mol. The van der Waals surface area contributed by atoms with E-state index < -0.39 is 23.8 Å². The maximum atomic E-state index is 12.5. The minimum Gasteiger partial charge on any atom is -0.505 e. The summed E-state index contributed by atoms with van der Waals surface area (Å²) in [5.74, 6) is -1.19. The zero-order valence-electron chi connectivity index (χ0n) is 9.82. The lowest BCUT2D eigenvalue weighted by Gasteiger charge is -2.12. The maximum Gasteiger partial charge on any atom is 0.310 e. The molecular formula is C11H14F2N2O3. The number of ether oxygens (including phenoxy) is 1. The highest BCUT2D eigenvalue weighted by Gasteiger charge is 2.20. The van der Waals surface area contributed by atoms with Gasteiger partial charge < -0.3 is 15.6 Å². The maximum absolute atomic E-state index is 12.5. The molecule has 100 valence electrons. The number of nitrogens with two attached hydrogens (primary N) is 1. The van der Waals surface area contributed by atoms with Crippen molar-refractivity contribution in [2.24, 2.45) is 5.73 Å². The van der Waals surface area contributed by atoms with Gasteiger partial charge in [0, 0.05) is 18.3 Å². The van der Waals surface area contributed by atoms with Crippen molar-refractivity contribution >= 4 is 5.97 Å². The molecule has 0 aliphatic carbocycles. The zero-order chi connectivity index (χ0) is 13.7. The molecule has 3 N–H and O–H groups in total. The Labute approximate surface area is 103 Å². The van der Waals surface area contributed by atoms with Gasteiger partial charge in [0.1, 0.15) is 11.4 Å². The fourth-order valence-corrected chi connectivity index (χ4v) is 1.50. The summed E-state index contributed by atoms with van der Waals surface area (Å²) < 4.78 is 29.7. The van der Waals surface area contributed by atoms with Crippen molar-refractivity contribution in [1.29, 1.82) is 0 Å². The van der Waals surface area contributed by atoms with Gasteiger partial charge in [-0.25, -0.2) is 8.78 Å². The predicted molar refractivity (Wildman–Crippen MR) is 59.1 cm³/mol. The van der Waals surface area contributed by atoms with Crippen molar-refractivity contribution in [3.63, 3.8) is 0 Å². The Morgan fingerprint density at radius 1 is 1.61 bits per heavy atom. The number of nitrogens with zero attached hydrogens (tertiary/aromatic N) is 1. The Balaban J connectivity index is 3.07. The lowest BCUT2D eigenvalue weighted by Crippen LogP contribution is -2.12. The third kappa shape index (κ3) is 3.13. The Kier molecular flexibility index (Phi) is 4.96. The van der Waals surface area contributed by atoms with Gasteiger partial charge in [-0.05, 0) is 12.5 Å². The summed E-state index contributed by atoms with van der Waals surface area (Å²) in [6, 6.07) is 0. The lowest BCUT2D eigenvalue weighted by atomic mass is 10.0.